The fourth-order valence-electron chi connectivity index (χ4n) is 2.57. The topological polar surface area (TPSA) is 93.1 Å². The van der Waals surface area contributed by atoms with Crippen LogP contribution in [0.5, 0.6) is 0 Å². The minimum absolute atomic E-state index is 0.0931. The molecule has 0 spiro atoms. The predicted molar refractivity (Wildman–Crippen MR) is 103 cm³/mol. The molecule has 0 atom stereocenters. The number of nitrogens with one attached hydrogen (secondary N) is 2. The van der Waals surface area contributed by atoms with Crippen molar-refractivity contribution in [2.24, 2.45) is 0 Å². The van der Waals surface area contributed by atoms with Crippen LogP contribution in [0.15, 0.2) is 72.1 Å². The molecule has 28 heavy (non-hydrogen) atoms. The second-order valence-corrected chi connectivity index (χ2v) is 7.70. The highest BCUT2D eigenvalue weighted by atomic mass is 32.2. The van der Waals surface area contributed by atoms with Crippen molar-refractivity contribution < 1.29 is 17.6 Å². The van der Waals surface area contributed by atoms with Crippen LogP contribution in [0, 0.1) is 5.82 Å². The van der Waals surface area contributed by atoms with Gasteiger partial charge in [-0.05, 0) is 42.8 Å². The summed E-state index contributed by atoms with van der Waals surface area (Å²) in [7, 11) is -3.95. The summed E-state index contributed by atoms with van der Waals surface area (Å²) in [6.07, 6.45) is 5.91. The number of carbonyl (C=O) groups is 1. The molecule has 0 aliphatic carbocycles. The average molecular weight is 402 g/mol. The Hall–Kier alpha value is -3.20. The number of halogens is 1. The molecule has 1 heterocycles. The van der Waals surface area contributed by atoms with E-state index in [0.29, 0.717) is 19.5 Å². The Morgan fingerprint density at radius 2 is 1.86 bits per heavy atom. The molecule has 0 aliphatic rings. The van der Waals surface area contributed by atoms with Crippen molar-refractivity contribution in [1.82, 2.24) is 14.9 Å². The molecule has 146 valence electrons. The molecule has 0 unspecified atom stereocenters. The number of para-hydroxylation sites is 1. The molecule has 3 aromatic rings. The first-order valence-electron chi connectivity index (χ1n) is 8.57. The second-order valence-electron chi connectivity index (χ2n) is 6.01. The average Bonchev–Trinajstić information content (AvgIpc) is 3.19. The summed E-state index contributed by atoms with van der Waals surface area (Å²) >= 11 is 0. The van der Waals surface area contributed by atoms with Crippen LogP contribution in [0.3, 0.4) is 0 Å². The number of anilines is 1. The van der Waals surface area contributed by atoms with E-state index in [-0.39, 0.29) is 22.1 Å². The minimum atomic E-state index is -3.95. The van der Waals surface area contributed by atoms with E-state index in [1.807, 2.05) is 10.8 Å². The van der Waals surface area contributed by atoms with E-state index in [1.165, 1.54) is 12.1 Å². The van der Waals surface area contributed by atoms with E-state index < -0.39 is 15.8 Å². The van der Waals surface area contributed by atoms with Crippen LogP contribution < -0.4 is 10.0 Å². The maximum Gasteiger partial charge on any atom is 0.261 e. The van der Waals surface area contributed by atoms with Crippen molar-refractivity contribution in [2.75, 3.05) is 11.3 Å². The van der Waals surface area contributed by atoms with Crippen LogP contribution in [0.4, 0.5) is 10.1 Å². The number of hydrogen-bond acceptors (Lipinski definition) is 4. The van der Waals surface area contributed by atoms with Gasteiger partial charge in [-0.2, -0.15) is 0 Å². The van der Waals surface area contributed by atoms with Gasteiger partial charge in [0.15, 0.2) is 0 Å². The molecular weight excluding hydrogens is 383 g/mol. The zero-order valence-corrected chi connectivity index (χ0v) is 15.7. The summed E-state index contributed by atoms with van der Waals surface area (Å²) in [4.78, 5) is 16.3. The van der Waals surface area contributed by atoms with Crippen LogP contribution in [-0.2, 0) is 16.6 Å². The van der Waals surface area contributed by atoms with Gasteiger partial charge in [-0.1, -0.05) is 12.1 Å². The van der Waals surface area contributed by atoms with Gasteiger partial charge in [-0.25, -0.2) is 17.8 Å². The molecule has 2 aromatic carbocycles. The number of sulfonamides is 1. The number of amides is 1. The lowest BCUT2D eigenvalue weighted by Crippen LogP contribution is -2.26. The Labute approximate surface area is 162 Å². The minimum Gasteiger partial charge on any atom is -0.352 e. The normalized spacial score (nSPS) is 11.2. The van der Waals surface area contributed by atoms with Gasteiger partial charge in [-0.3, -0.25) is 9.52 Å². The Morgan fingerprint density at radius 3 is 2.57 bits per heavy atom. The largest absolute Gasteiger partial charge is 0.352 e. The van der Waals surface area contributed by atoms with Crippen molar-refractivity contribution in [3.63, 3.8) is 0 Å². The van der Waals surface area contributed by atoms with Crippen LogP contribution in [0.1, 0.15) is 16.8 Å². The molecule has 0 radical (unpaired) electrons. The fourth-order valence-corrected chi connectivity index (χ4v) is 3.65. The number of rotatable bonds is 8. The van der Waals surface area contributed by atoms with Crippen LogP contribution >= 0.6 is 0 Å². The van der Waals surface area contributed by atoms with Crippen molar-refractivity contribution in [1.29, 1.82) is 0 Å². The first-order chi connectivity index (χ1) is 13.5. The monoisotopic (exact) mass is 402 g/mol. The summed E-state index contributed by atoms with van der Waals surface area (Å²) in [6, 6.07) is 10.8. The molecule has 2 N–H and O–H groups in total. The summed E-state index contributed by atoms with van der Waals surface area (Å²) in [5.74, 6) is -0.919. The number of imidazole rings is 1. The number of carbonyl (C=O) groups excluding carboxylic acids is 1. The molecule has 1 aromatic heterocycles. The lowest BCUT2D eigenvalue weighted by molar-refractivity contribution is 0.0953. The Bertz CT molecular complexity index is 1040. The number of nitrogens with zero attached hydrogens (tertiary/aromatic N) is 2. The van der Waals surface area contributed by atoms with Gasteiger partial charge in [0.1, 0.15) is 5.82 Å². The molecule has 0 bridgehead atoms. The van der Waals surface area contributed by atoms with Gasteiger partial charge >= 0.3 is 0 Å². The van der Waals surface area contributed by atoms with E-state index in [0.717, 1.165) is 24.3 Å². The van der Waals surface area contributed by atoms with E-state index in [4.69, 9.17) is 0 Å². The highest BCUT2D eigenvalue weighted by molar-refractivity contribution is 7.92. The van der Waals surface area contributed by atoms with E-state index in [9.17, 15) is 17.6 Å². The molecule has 0 aliphatic heterocycles. The number of benzene rings is 2. The van der Waals surface area contributed by atoms with Crippen LogP contribution in [0.2, 0.25) is 0 Å². The van der Waals surface area contributed by atoms with Gasteiger partial charge in [-0.15, -0.1) is 0 Å². The molecule has 9 heteroatoms. The lowest BCUT2D eigenvalue weighted by Gasteiger charge is -2.13. The zero-order chi connectivity index (χ0) is 20.0. The van der Waals surface area contributed by atoms with Gasteiger partial charge in [0.05, 0.1) is 22.5 Å². The third kappa shape index (κ3) is 4.95. The van der Waals surface area contributed by atoms with Crippen molar-refractivity contribution in [3.05, 3.63) is 78.6 Å². The van der Waals surface area contributed by atoms with Crippen LogP contribution in [-0.4, -0.2) is 30.4 Å². The number of hydrogen-bond donors (Lipinski definition) is 2. The summed E-state index contributed by atoms with van der Waals surface area (Å²) in [6.45, 7) is 1.13. The van der Waals surface area contributed by atoms with Crippen LogP contribution in [0.25, 0.3) is 0 Å². The van der Waals surface area contributed by atoms with Gasteiger partial charge in [0, 0.05) is 25.5 Å². The highest BCUT2D eigenvalue weighted by Crippen LogP contribution is 2.20. The van der Waals surface area contributed by atoms with E-state index in [1.54, 1.807) is 24.7 Å². The number of aryl methyl sites for hydroxylation is 1. The molecule has 7 nitrogen and oxygen atoms in total. The predicted octanol–water partition coefficient (Wildman–Crippen LogP) is 2.64. The standard InChI is InChI=1S/C19H19FN4O3S/c20-15-6-8-16(9-7-15)28(26,27)23-18-5-2-1-4-17(18)19(25)22-10-3-12-24-13-11-21-14-24/h1-2,4-9,11,13-14,23H,3,10,12H2,(H,22,25). The fraction of sp³-hybridized carbons (Fsp3) is 0.158. The SMILES string of the molecule is O=C(NCCCn1ccnc1)c1ccccc1NS(=O)(=O)c1ccc(F)cc1. The second kappa shape index (κ2) is 8.66. The lowest BCUT2D eigenvalue weighted by atomic mass is 10.1. The Balaban J connectivity index is 1.66. The van der Waals surface area contributed by atoms with Crippen molar-refractivity contribution in [2.45, 2.75) is 17.9 Å². The molecule has 3 rings (SSSR count). The molecular formula is C19H19FN4O3S. The first kappa shape index (κ1) is 19.6. The summed E-state index contributed by atoms with van der Waals surface area (Å²) < 4.78 is 42.3. The summed E-state index contributed by atoms with van der Waals surface area (Å²) in [5.41, 5.74) is 0.356. The Kier molecular flexibility index (Phi) is 6.05. The summed E-state index contributed by atoms with van der Waals surface area (Å²) in [5, 5.41) is 2.78. The number of aromatic nitrogens is 2. The molecule has 0 saturated carbocycles. The van der Waals surface area contributed by atoms with Gasteiger partial charge in [0.2, 0.25) is 0 Å². The van der Waals surface area contributed by atoms with Gasteiger partial charge < -0.3 is 9.88 Å². The highest BCUT2D eigenvalue weighted by Gasteiger charge is 2.18. The Morgan fingerprint density at radius 1 is 1.11 bits per heavy atom. The third-order valence-corrected chi connectivity index (χ3v) is 5.36. The quantitative estimate of drug-likeness (QED) is 0.567. The van der Waals surface area contributed by atoms with Gasteiger partial charge in [0.25, 0.3) is 15.9 Å². The zero-order valence-electron chi connectivity index (χ0n) is 14.9. The maximum atomic E-state index is 13.0. The molecule has 1 amide bonds. The van der Waals surface area contributed by atoms with E-state index in [2.05, 4.69) is 15.0 Å². The smallest absolute Gasteiger partial charge is 0.261 e. The van der Waals surface area contributed by atoms with Crippen molar-refractivity contribution >= 4 is 21.6 Å². The third-order valence-electron chi connectivity index (χ3n) is 3.98. The maximum absolute atomic E-state index is 13.0. The first-order valence-corrected chi connectivity index (χ1v) is 10.1. The van der Waals surface area contributed by atoms with Crippen molar-refractivity contribution in [3.8, 4) is 0 Å². The molecule has 0 saturated heterocycles. The van der Waals surface area contributed by atoms with E-state index >= 15 is 0 Å². The molecule has 0 fully saturated rings.